The number of hydrogen-bond donors (Lipinski definition) is 1. The second-order valence-electron chi connectivity index (χ2n) is 5.14. The first-order valence-corrected chi connectivity index (χ1v) is 6.83. The van der Waals surface area contributed by atoms with Gasteiger partial charge in [0, 0.05) is 7.47 Å². The summed E-state index contributed by atoms with van der Waals surface area (Å²) in [6.45, 7) is 4.48. The molecule has 0 aliphatic heterocycles. The van der Waals surface area contributed by atoms with Crippen LogP contribution in [0.3, 0.4) is 0 Å². The molecule has 0 aromatic heterocycles. The zero-order valence-electron chi connectivity index (χ0n) is 10.9. The third kappa shape index (κ3) is 4.98. The van der Waals surface area contributed by atoms with Crippen molar-refractivity contribution in [3.8, 4) is 0 Å². The molecule has 0 heterocycles. The number of nitrogens with two attached hydrogens (primary N) is 1. The first-order chi connectivity index (χ1) is 7.74. The van der Waals surface area contributed by atoms with Gasteiger partial charge in [0.2, 0.25) is 0 Å². The van der Waals surface area contributed by atoms with Crippen LogP contribution in [-0.2, 0) is 0 Å². The van der Waals surface area contributed by atoms with E-state index in [0.29, 0.717) is 6.04 Å². The van der Waals surface area contributed by atoms with Crippen molar-refractivity contribution in [3.63, 3.8) is 0 Å². The van der Waals surface area contributed by atoms with Crippen LogP contribution in [0, 0.1) is 11.8 Å². The summed E-state index contributed by atoms with van der Waals surface area (Å²) in [5, 5.41) is 0. The molecule has 0 amide bonds. The number of rotatable bonds is 1. The molecular weight excluding hydrogens is 194 g/mol. The van der Waals surface area contributed by atoms with Gasteiger partial charge >= 0.3 is 0 Å². The molecule has 3 atom stereocenters. The molecular formula is C15H29N. The lowest BCUT2D eigenvalue weighted by Crippen LogP contribution is -2.30. The smallest absolute Gasteiger partial charge is 0.00645 e. The van der Waals surface area contributed by atoms with E-state index in [9.17, 15) is 0 Å². The first kappa shape index (κ1) is 13.5. The maximum Gasteiger partial charge on any atom is 0.00645 e. The molecule has 0 radical (unpaired) electrons. The Morgan fingerprint density at radius 3 is 2.38 bits per heavy atom. The molecule has 2 aliphatic rings. The molecule has 0 bridgehead atoms. The summed E-state index contributed by atoms with van der Waals surface area (Å²) in [6, 6.07) is 0.503. The molecule has 2 aliphatic carbocycles. The highest BCUT2D eigenvalue weighted by Gasteiger charge is 2.15. The lowest BCUT2D eigenvalue weighted by atomic mass is 9.87. The third-order valence-electron chi connectivity index (χ3n) is 3.77. The van der Waals surface area contributed by atoms with Crippen molar-refractivity contribution in [2.75, 3.05) is 0 Å². The second kappa shape index (κ2) is 7.67. The molecule has 1 fully saturated rings. The molecule has 1 nitrogen and oxygen atoms in total. The van der Waals surface area contributed by atoms with Crippen LogP contribution in [0.2, 0.25) is 0 Å². The van der Waals surface area contributed by atoms with Crippen LogP contribution in [-0.4, -0.2) is 6.04 Å². The molecule has 1 saturated carbocycles. The van der Waals surface area contributed by atoms with E-state index in [4.69, 9.17) is 5.73 Å². The largest absolute Gasteiger partial charge is 0.327 e. The van der Waals surface area contributed by atoms with Crippen LogP contribution >= 0.6 is 0 Å². The van der Waals surface area contributed by atoms with Crippen LogP contribution in [0.25, 0.3) is 0 Å². The fraction of sp³-hybridized carbons (Fsp3) is 0.733. The van der Waals surface area contributed by atoms with Gasteiger partial charge in [0.1, 0.15) is 0 Å². The molecule has 0 aromatic rings. The predicted molar refractivity (Wildman–Crippen MR) is 74.4 cm³/mol. The van der Waals surface area contributed by atoms with Gasteiger partial charge in [-0.3, -0.25) is 0 Å². The van der Waals surface area contributed by atoms with Gasteiger partial charge in [-0.2, -0.15) is 0 Å². The molecule has 94 valence electrons. The molecule has 0 spiro atoms. The second-order valence-corrected chi connectivity index (χ2v) is 5.14. The molecule has 2 rings (SSSR count). The summed E-state index contributed by atoms with van der Waals surface area (Å²) in [5.41, 5.74) is 5.78. The fourth-order valence-corrected chi connectivity index (χ4v) is 2.28. The van der Waals surface area contributed by atoms with E-state index in [-0.39, 0.29) is 1.43 Å². The van der Waals surface area contributed by atoms with Crippen LogP contribution in [0.15, 0.2) is 24.3 Å². The van der Waals surface area contributed by atoms with Crippen LogP contribution in [0.1, 0.15) is 53.8 Å². The monoisotopic (exact) mass is 223 g/mol. The van der Waals surface area contributed by atoms with Crippen molar-refractivity contribution >= 4 is 0 Å². The minimum Gasteiger partial charge on any atom is -0.327 e. The Morgan fingerprint density at radius 1 is 1.25 bits per heavy atom. The summed E-state index contributed by atoms with van der Waals surface area (Å²) >= 11 is 0. The van der Waals surface area contributed by atoms with Crippen molar-refractivity contribution in [1.82, 2.24) is 0 Å². The van der Waals surface area contributed by atoms with Crippen molar-refractivity contribution in [1.29, 1.82) is 0 Å². The highest BCUT2D eigenvalue weighted by molar-refractivity contribution is 5.10. The minimum atomic E-state index is 0. The Kier molecular flexibility index (Phi) is 6.47. The molecule has 2 N–H and O–H groups in total. The average Bonchev–Trinajstić information content (AvgIpc) is 2.35. The van der Waals surface area contributed by atoms with Crippen LogP contribution in [0.5, 0.6) is 0 Å². The fourth-order valence-electron chi connectivity index (χ4n) is 2.28. The van der Waals surface area contributed by atoms with E-state index in [0.717, 1.165) is 11.8 Å². The summed E-state index contributed by atoms with van der Waals surface area (Å²) in [5.74, 6) is 1.60. The van der Waals surface area contributed by atoms with Crippen molar-refractivity contribution in [2.24, 2.45) is 17.6 Å². The van der Waals surface area contributed by atoms with Gasteiger partial charge in [-0.15, -0.1) is 0 Å². The Balaban J connectivity index is 0.000000284. The normalized spacial score (nSPS) is 33.1. The third-order valence-corrected chi connectivity index (χ3v) is 3.77. The SMILES string of the molecule is CC1CCCCC1N.CCC1C=CC=CC1.[HH]. The zero-order valence-corrected chi connectivity index (χ0v) is 10.9. The molecule has 0 aromatic carbocycles. The average molecular weight is 223 g/mol. The maximum absolute atomic E-state index is 5.78. The Labute approximate surface area is 102 Å². The predicted octanol–water partition coefficient (Wildman–Crippen LogP) is 4.30. The Morgan fingerprint density at radius 2 is 2.00 bits per heavy atom. The molecule has 3 unspecified atom stereocenters. The van der Waals surface area contributed by atoms with E-state index in [1.807, 2.05) is 0 Å². The van der Waals surface area contributed by atoms with E-state index < -0.39 is 0 Å². The standard InChI is InChI=1S/C8H12.C7H15N.H2/c1-2-8-6-4-3-5-7-8;1-6-4-2-3-5-7(6)8;/h3-6,8H,2,7H2,1H3;6-7H,2-5,8H2,1H3;1H. The first-order valence-electron chi connectivity index (χ1n) is 6.83. The van der Waals surface area contributed by atoms with E-state index in [1.165, 1.54) is 38.5 Å². The summed E-state index contributed by atoms with van der Waals surface area (Å²) in [6.07, 6.45) is 16.6. The molecule has 1 heteroatoms. The highest BCUT2D eigenvalue weighted by Crippen LogP contribution is 2.21. The van der Waals surface area contributed by atoms with Crippen LogP contribution in [0.4, 0.5) is 0 Å². The van der Waals surface area contributed by atoms with Gasteiger partial charge in [0.05, 0.1) is 0 Å². The van der Waals surface area contributed by atoms with Gasteiger partial charge < -0.3 is 5.73 Å². The summed E-state index contributed by atoms with van der Waals surface area (Å²) < 4.78 is 0. The van der Waals surface area contributed by atoms with E-state index in [2.05, 4.69) is 38.2 Å². The van der Waals surface area contributed by atoms with Crippen molar-refractivity contribution in [2.45, 2.75) is 58.4 Å². The van der Waals surface area contributed by atoms with Crippen LogP contribution < -0.4 is 5.73 Å². The van der Waals surface area contributed by atoms with Gasteiger partial charge in [0.15, 0.2) is 0 Å². The zero-order chi connectivity index (χ0) is 11.8. The van der Waals surface area contributed by atoms with Gasteiger partial charge in [-0.05, 0) is 37.5 Å². The summed E-state index contributed by atoms with van der Waals surface area (Å²) in [7, 11) is 0. The molecule has 0 saturated heterocycles. The van der Waals surface area contributed by atoms with Crippen molar-refractivity contribution in [3.05, 3.63) is 24.3 Å². The maximum atomic E-state index is 5.78. The number of hydrogen-bond acceptors (Lipinski definition) is 1. The summed E-state index contributed by atoms with van der Waals surface area (Å²) in [4.78, 5) is 0. The van der Waals surface area contributed by atoms with Gasteiger partial charge in [-0.1, -0.05) is 51.0 Å². The highest BCUT2D eigenvalue weighted by atomic mass is 14.6. The quantitative estimate of drug-likeness (QED) is 0.704. The van der Waals surface area contributed by atoms with E-state index >= 15 is 0 Å². The lowest BCUT2D eigenvalue weighted by Gasteiger charge is -2.24. The number of allylic oxidation sites excluding steroid dienone is 4. The van der Waals surface area contributed by atoms with Gasteiger partial charge in [-0.25, -0.2) is 0 Å². The van der Waals surface area contributed by atoms with Crippen molar-refractivity contribution < 1.29 is 1.43 Å². The minimum absolute atomic E-state index is 0. The Bertz CT molecular complexity index is 225. The van der Waals surface area contributed by atoms with E-state index in [1.54, 1.807) is 0 Å². The topological polar surface area (TPSA) is 26.0 Å². The lowest BCUT2D eigenvalue weighted by molar-refractivity contribution is 0.331. The molecule has 16 heavy (non-hydrogen) atoms. The Hall–Kier alpha value is -0.560. The van der Waals surface area contributed by atoms with Gasteiger partial charge in [0.25, 0.3) is 0 Å².